The topological polar surface area (TPSA) is 131 Å². The third-order valence-electron chi connectivity index (χ3n) is 5.14. The van der Waals surface area contributed by atoms with Crippen molar-refractivity contribution in [2.75, 3.05) is 6.61 Å². The van der Waals surface area contributed by atoms with E-state index in [0.717, 1.165) is 22.3 Å². The van der Waals surface area contributed by atoms with E-state index in [1.165, 1.54) is 18.3 Å². The third-order valence-corrected chi connectivity index (χ3v) is 5.14. The number of aryl methyl sites for hydroxylation is 1. The second kappa shape index (κ2) is 10.4. The van der Waals surface area contributed by atoms with Crippen LogP contribution in [0.4, 0.5) is 8.78 Å². The molecule has 0 amide bonds. The van der Waals surface area contributed by atoms with Crippen molar-refractivity contribution in [1.82, 2.24) is 4.98 Å². The first kappa shape index (κ1) is 24.1. The quantitative estimate of drug-likeness (QED) is 0.547. The monoisotopic (exact) mass is 466 g/mol. The molecule has 0 saturated heterocycles. The summed E-state index contributed by atoms with van der Waals surface area (Å²) in [5.41, 5.74) is 9.28. The number of nitriles is 1. The number of rotatable bonds is 5. The Hall–Kier alpha value is -4.52. The molecular formula is C24H20F2N4O4. The van der Waals surface area contributed by atoms with Gasteiger partial charge in [0.15, 0.2) is 5.54 Å². The first-order valence-electron chi connectivity index (χ1n) is 9.91. The Morgan fingerprint density at radius 1 is 1.24 bits per heavy atom. The van der Waals surface area contributed by atoms with E-state index < -0.39 is 12.2 Å². The van der Waals surface area contributed by atoms with E-state index >= 15 is 0 Å². The number of carboxylic acid groups (broad SMARTS) is 1. The van der Waals surface area contributed by atoms with Gasteiger partial charge in [-0.1, -0.05) is 24.3 Å². The summed E-state index contributed by atoms with van der Waals surface area (Å²) in [6.45, 7) is -1.20. The highest BCUT2D eigenvalue weighted by atomic mass is 19.3. The molecule has 1 aliphatic heterocycles. The van der Waals surface area contributed by atoms with Gasteiger partial charge in [0.25, 0.3) is 12.5 Å². The van der Waals surface area contributed by atoms with Gasteiger partial charge in [-0.3, -0.25) is 9.78 Å². The lowest BCUT2D eigenvalue weighted by Crippen LogP contribution is -2.28. The minimum atomic E-state index is -2.91. The predicted molar refractivity (Wildman–Crippen MR) is 119 cm³/mol. The van der Waals surface area contributed by atoms with Gasteiger partial charge in [-0.15, -0.1) is 0 Å². The van der Waals surface area contributed by atoms with Crippen molar-refractivity contribution in [3.05, 3.63) is 83.2 Å². The maximum absolute atomic E-state index is 12.6. The van der Waals surface area contributed by atoms with Gasteiger partial charge in [0, 0.05) is 18.0 Å². The molecule has 3 N–H and O–H groups in total. The minimum absolute atomic E-state index is 0.0471. The van der Waals surface area contributed by atoms with Crippen LogP contribution in [0.15, 0.2) is 65.9 Å². The van der Waals surface area contributed by atoms with Crippen molar-refractivity contribution in [2.45, 2.75) is 19.1 Å². The van der Waals surface area contributed by atoms with E-state index in [-0.39, 0.29) is 24.9 Å². The van der Waals surface area contributed by atoms with Crippen LogP contribution in [0.2, 0.25) is 0 Å². The van der Waals surface area contributed by atoms with Gasteiger partial charge in [0.2, 0.25) is 0 Å². The Balaban J connectivity index is 0.00000103. The van der Waals surface area contributed by atoms with Gasteiger partial charge in [0.05, 0.1) is 5.56 Å². The summed E-state index contributed by atoms with van der Waals surface area (Å²) in [4.78, 5) is 17.1. The second-order valence-corrected chi connectivity index (χ2v) is 7.21. The highest BCUT2D eigenvalue weighted by molar-refractivity contribution is 5.76. The number of hydrogen-bond donors (Lipinski definition) is 2. The van der Waals surface area contributed by atoms with Gasteiger partial charge in [0.1, 0.15) is 18.4 Å². The van der Waals surface area contributed by atoms with E-state index in [0.29, 0.717) is 11.1 Å². The number of alkyl halides is 2. The molecule has 0 spiro atoms. The van der Waals surface area contributed by atoms with Crippen LogP contribution in [-0.4, -0.2) is 35.8 Å². The molecule has 0 bridgehead atoms. The average molecular weight is 466 g/mol. The third kappa shape index (κ3) is 5.10. The van der Waals surface area contributed by atoms with Crippen LogP contribution >= 0.6 is 0 Å². The van der Waals surface area contributed by atoms with Crippen LogP contribution in [0.1, 0.15) is 22.3 Å². The lowest BCUT2D eigenvalue weighted by molar-refractivity contribution is -0.122. The Labute approximate surface area is 193 Å². The van der Waals surface area contributed by atoms with Crippen molar-refractivity contribution in [2.24, 2.45) is 10.7 Å². The van der Waals surface area contributed by atoms with E-state index in [9.17, 15) is 8.78 Å². The Bertz CT molecular complexity index is 1260. The molecule has 0 fully saturated rings. The van der Waals surface area contributed by atoms with Crippen LogP contribution in [-0.2, 0) is 15.1 Å². The Morgan fingerprint density at radius 2 is 2.00 bits per heavy atom. The summed E-state index contributed by atoms with van der Waals surface area (Å²) in [5, 5.41) is 16.1. The molecule has 1 atom stereocenters. The fourth-order valence-electron chi connectivity index (χ4n) is 3.76. The zero-order valence-electron chi connectivity index (χ0n) is 18.0. The molecular weight excluding hydrogens is 446 g/mol. The van der Waals surface area contributed by atoms with Crippen molar-refractivity contribution < 1.29 is 28.2 Å². The molecule has 10 heteroatoms. The van der Waals surface area contributed by atoms with E-state index in [2.05, 4.69) is 20.8 Å². The number of aromatic nitrogens is 1. The molecule has 2 aromatic carbocycles. The second-order valence-electron chi connectivity index (χ2n) is 7.21. The summed E-state index contributed by atoms with van der Waals surface area (Å²) in [7, 11) is 0. The number of carbonyl (C=O) groups is 1. The molecule has 1 aliphatic rings. The fourth-order valence-corrected chi connectivity index (χ4v) is 3.76. The molecule has 2 heterocycles. The standard InChI is InChI=1S/C23H18F2N4O2.CH2O2/c1-14-7-19(31-21(24)25)5-6-20(14)23(13-30-22(27)29-23)18-4-2-3-16(9-18)17-8-15(10-26)11-28-12-17;2-1-3/h2-9,11-12,21H,13H2,1H3,(H2,27,29);1H,(H,2,3). The zero-order chi connectivity index (χ0) is 24.7. The highest BCUT2D eigenvalue weighted by Gasteiger charge is 2.41. The predicted octanol–water partition coefficient (Wildman–Crippen LogP) is 3.82. The van der Waals surface area contributed by atoms with Gasteiger partial charge < -0.3 is 20.3 Å². The number of ether oxygens (including phenoxy) is 2. The summed E-state index contributed by atoms with van der Waals surface area (Å²) < 4.78 is 35.2. The number of benzene rings is 2. The molecule has 8 nitrogen and oxygen atoms in total. The summed E-state index contributed by atoms with van der Waals surface area (Å²) in [6.07, 6.45) is 3.17. The van der Waals surface area contributed by atoms with Gasteiger partial charge in [-0.25, -0.2) is 4.99 Å². The van der Waals surface area contributed by atoms with Crippen LogP contribution in [0, 0.1) is 18.3 Å². The largest absolute Gasteiger partial charge is 0.483 e. The van der Waals surface area contributed by atoms with Gasteiger partial charge >= 0.3 is 6.61 Å². The lowest BCUT2D eigenvalue weighted by Gasteiger charge is -2.27. The number of aliphatic imine (C=N–C) groups is 1. The maximum Gasteiger partial charge on any atom is 0.387 e. The van der Waals surface area contributed by atoms with Crippen LogP contribution in [0.5, 0.6) is 5.75 Å². The molecule has 3 aromatic rings. The molecule has 1 aromatic heterocycles. The van der Waals surface area contributed by atoms with Crippen molar-refractivity contribution in [1.29, 1.82) is 5.26 Å². The molecule has 0 aliphatic carbocycles. The first-order valence-corrected chi connectivity index (χ1v) is 9.91. The number of amidine groups is 1. The highest BCUT2D eigenvalue weighted by Crippen LogP contribution is 2.41. The summed E-state index contributed by atoms with van der Waals surface area (Å²) in [6, 6.07) is 16.2. The number of nitrogens with zero attached hydrogens (tertiary/aromatic N) is 3. The van der Waals surface area contributed by atoms with Crippen molar-refractivity contribution in [3.63, 3.8) is 0 Å². The molecule has 0 saturated carbocycles. The first-order chi connectivity index (χ1) is 16.3. The smallest absolute Gasteiger partial charge is 0.387 e. The van der Waals surface area contributed by atoms with E-state index in [1.807, 2.05) is 24.3 Å². The molecule has 0 radical (unpaired) electrons. The Morgan fingerprint density at radius 3 is 2.62 bits per heavy atom. The fraction of sp³-hybridized carbons (Fsp3) is 0.167. The Kier molecular flexibility index (Phi) is 7.38. The average Bonchev–Trinajstić information content (AvgIpc) is 3.22. The number of nitrogens with two attached hydrogens (primary N) is 1. The van der Waals surface area contributed by atoms with E-state index in [4.69, 9.17) is 25.6 Å². The molecule has 1 unspecified atom stereocenters. The normalized spacial score (nSPS) is 16.5. The van der Waals surface area contributed by atoms with Crippen molar-refractivity contribution in [3.8, 4) is 22.9 Å². The number of halogens is 2. The van der Waals surface area contributed by atoms with Crippen LogP contribution in [0.3, 0.4) is 0 Å². The van der Waals surface area contributed by atoms with Gasteiger partial charge in [-0.2, -0.15) is 14.0 Å². The van der Waals surface area contributed by atoms with Crippen LogP contribution in [0.25, 0.3) is 11.1 Å². The number of hydrogen-bond acceptors (Lipinski definition) is 7. The maximum atomic E-state index is 12.6. The van der Waals surface area contributed by atoms with E-state index in [1.54, 1.807) is 25.3 Å². The zero-order valence-corrected chi connectivity index (χ0v) is 18.0. The van der Waals surface area contributed by atoms with Gasteiger partial charge in [-0.05, 0) is 53.4 Å². The van der Waals surface area contributed by atoms with Crippen molar-refractivity contribution >= 4 is 12.5 Å². The molecule has 34 heavy (non-hydrogen) atoms. The lowest BCUT2D eigenvalue weighted by atomic mass is 9.81. The number of pyridine rings is 1. The molecule has 174 valence electrons. The SMILES string of the molecule is Cc1cc(OC(F)F)ccc1C1(c2cccc(-c3cncc(C#N)c3)c2)COC(N)=N1.O=CO. The molecule has 4 rings (SSSR count). The summed E-state index contributed by atoms with van der Waals surface area (Å²) >= 11 is 0. The van der Waals surface area contributed by atoms with Crippen LogP contribution < -0.4 is 10.5 Å². The minimum Gasteiger partial charge on any atom is -0.483 e. The summed E-state index contributed by atoms with van der Waals surface area (Å²) in [5.74, 6) is 0.0652.